The normalized spacial score (nSPS) is 20.9. The van der Waals surface area contributed by atoms with Crippen LogP contribution in [-0.2, 0) is 4.79 Å². The summed E-state index contributed by atoms with van der Waals surface area (Å²) in [4.78, 5) is 10.7. The molecule has 1 aliphatic carbocycles. The number of nitrogen functional groups attached to an aromatic ring is 1. The van der Waals surface area contributed by atoms with Gasteiger partial charge in [-0.05, 0) is 51.6 Å². The molecule has 0 saturated heterocycles. The van der Waals surface area contributed by atoms with E-state index in [0.717, 1.165) is 43.6 Å². The van der Waals surface area contributed by atoms with E-state index in [0.29, 0.717) is 11.4 Å². The molecule has 1 aromatic rings. The van der Waals surface area contributed by atoms with Crippen LogP contribution in [-0.4, -0.2) is 25.1 Å². The Labute approximate surface area is 153 Å². The van der Waals surface area contributed by atoms with Gasteiger partial charge >= 0.3 is 0 Å². The van der Waals surface area contributed by atoms with Gasteiger partial charge in [0, 0.05) is 34.8 Å². The molecule has 0 radical (unpaired) electrons. The molecule has 4 N–H and O–H groups in total. The Morgan fingerprint density at radius 1 is 1.28 bits per heavy atom. The number of aldehydes is 1. The lowest BCUT2D eigenvalue weighted by Gasteiger charge is -2.26. The second-order valence-corrected chi connectivity index (χ2v) is 6.93. The minimum Gasteiger partial charge on any atom is -0.398 e. The van der Waals surface area contributed by atoms with Crippen LogP contribution in [0.15, 0.2) is 24.3 Å². The molecular weight excluding hydrogens is 310 g/mol. The smallest absolute Gasteiger partial charge is 0.123 e. The van der Waals surface area contributed by atoms with Gasteiger partial charge in [-0.3, -0.25) is 0 Å². The van der Waals surface area contributed by atoms with Crippen molar-refractivity contribution in [3.63, 3.8) is 0 Å². The third-order valence-electron chi connectivity index (χ3n) is 5.16. The van der Waals surface area contributed by atoms with Crippen LogP contribution in [0.2, 0.25) is 0 Å². The number of anilines is 1. The summed E-state index contributed by atoms with van der Waals surface area (Å²) in [5.74, 6) is 0.461. The third-order valence-corrected chi connectivity index (χ3v) is 5.16. The van der Waals surface area contributed by atoms with Crippen molar-refractivity contribution in [2.75, 3.05) is 12.8 Å². The van der Waals surface area contributed by atoms with Crippen LogP contribution in [0.5, 0.6) is 0 Å². The lowest BCUT2D eigenvalue weighted by Crippen LogP contribution is -2.23. The predicted molar refractivity (Wildman–Crippen MR) is 107 cm³/mol. The number of carbonyl (C=O) groups excluding carboxylic acids is 1. The molecule has 0 aliphatic heterocycles. The molecule has 2 rings (SSSR count). The molecule has 1 aliphatic rings. The van der Waals surface area contributed by atoms with E-state index in [4.69, 9.17) is 11.1 Å². The SMILES string of the molecule is CCCC(CC)NC.N=C(c1ccccc1N)C1CCC(C=O)CC1. The van der Waals surface area contributed by atoms with E-state index >= 15 is 0 Å². The minimum absolute atomic E-state index is 0.201. The Morgan fingerprint density at radius 3 is 2.36 bits per heavy atom. The summed E-state index contributed by atoms with van der Waals surface area (Å²) in [5.41, 5.74) is 8.04. The summed E-state index contributed by atoms with van der Waals surface area (Å²) in [6.07, 6.45) is 8.58. The van der Waals surface area contributed by atoms with Crippen LogP contribution in [0.3, 0.4) is 0 Å². The summed E-state index contributed by atoms with van der Waals surface area (Å²) in [7, 11) is 2.03. The zero-order valence-electron chi connectivity index (χ0n) is 16.1. The summed E-state index contributed by atoms with van der Waals surface area (Å²) >= 11 is 0. The van der Waals surface area contributed by atoms with E-state index in [1.807, 2.05) is 31.3 Å². The Hall–Kier alpha value is -1.68. The van der Waals surface area contributed by atoms with Gasteiger partial charge in [-0.2, -0.15) is 0 Å². The summed E-state index contributed by atoms with van der Waals surface area (Å²) in [6, 6.07) is 8.29. The van der Waals surface area contributed by atoms with Crippen molar-refractivity contribution in [2.24, 2.45) is 11.8 Å². The lowest BCUT2D eigenvalue weighted by atomic mass is 9.78. The van der Waals surface area contributed by atoms with E-state index in [2.05, 4.69) is 19.2 Å². The average molecular weight is 346 g/mol. The highest BCUT2D eigenvalue weighted by Crippen LogP contribution is 2.31. The van der Waals surface area contributed by atoms with Gasteiger partial charge < -0.3 is 21.3 Å². The number of carbonyl (C=O) groups is 1. The van der Waals surface area contributed by atoms with E-state index in [9.17, 15) is 4.79 Å². The molecule has 1 saturated carbocycles. The van der Waals surface area contributed by atoms with E-state index in [1.54, 1.807) is 0 Å². The summed E-state index contributed by atoms with van der Waals surface area (Å²) < 4.78 is 0. The molecule has 4 heteroatoms. The Bertz CT molecular complexity index is 518. The molecule has 4 nitrogen and oxygen atoms in total. The number of hydrogen-bond donors (Lipinski definition) is 3. The van der Waals surface area contributed by atoms with Crippen molar-refractivity contribution in [3.05, 3.63) is 29.8 Å². The van der Waals surface area contributed by atoms with Crippen LogP contribution in [0.1, 0.15) is 64.4 Å². The number of rotatable bonds is 7. The average Bonchev–Trinajstić information content (AvgIpc) is 2.66. The van der Waals surface area contributed by atoms with Crippen molar-refractivity contribution >= 4 is 17.7 Å². The Balaban J connectivity index is 0.000000333. The fraction of sp³-hybridized carbons (Fsp3) is 0.619. The predicted octanol–water partition coefficient (Wildman–Crippen LogP) is 4.43. The molecule has 0 amide bonds. The van der Waals surface area contributed by atoms with E-state index in [1.165, 1.54) is 19.3 Å². The molecule has 0 heterocycles. The van der Waals surface area contributed by atoms with Crippen molar-refractivity contribution in [3.8, 4) is 0 Å². The van der Waals surface area contributed by atoms with E-state index < -0.39 is 0 Å². The first kappa shape index (κ1) is 21.4. The van der Waals surface area contributed by atoms with Gasteiger partial charge in [-0.15, -0.1) is 0 Å². The van der Waals surface area contributed by atoms with Gasteiger partial charge in [0.25, 0.3) is 0 Å². The van der Waals surface area contributed by atoms with Gasteiger partial charge in [-0.25, -0.2) is 0 Å². The Kier molecular flexibility index (Phi) is 10.1. The fourth-order valence-corrected chi connectivity index (χ4v) is 3.41. The van der Waals surface area contributed by atoms with Crippen molar-refractivity contribution in [1.82, 2.24) is 5.32 Å². The zero-order valence-corrected chi connectivity index (χ0v) is 16.1. The first-order chi connectivity index (χ1) is 12.1. The number of para-hydroxylation sites is 1. The van der Waals surface area contributed by atoms with Crippen LogP contribution in [0.25, 0.3) is 0 Å². The van der Waals surface area contributed by atoms with E-state index in [-0.39, 0.29) is 11.8 Å². The second-order valence-electron chi connectivity index (χ2n) is 6.93. The molecule has 1 atom stereocenters. The number of nitrogens with one attached hydrogen (secondary N) is 2. The maximum Gasteiger partial charge on any atom is 0.123 e. The van der Waals surface area contributed by atoms with Crippen molar-refractivity contribution in [2.45, 2.75) is 64.8 Å². The van der Waals surface area contributed by atoms with Crippen LogP contribution >= 0.6 is 0 Å². The molecule has 0 spiro atoms. The fourth-order valence-electron chi connectivity index (χ4n) is 3.41. The largest absolute Gasteiger partial charge is 0.398 e. The molecule has 25 heavy (non-hydrogen) atoms. The minimum atomic E-state index is 0.201. The highest BCUT2D eigenvalue weighted by atomic mass is 16.1. The maximum atomic E-state index is 10.7. The third kappa shape index (κ3) is 6.99. The van der Waals surface area contributed by atoms with Crippen LogP contribution < -0.4 is 11.1 Å². The van der Waals surface area contributed by atoms with Gasteiger partial charge in [0.2, 0.25) is 0 Å². The number of nitrogens with two attached hydrogens (primary N) is 1. The standard InChI is InChI=1S/C14H18N2O.C7H17N/c15-13-4-2-1-3-12(13)14(16)11-7-5-10(9-17)6-8-11;1-4-6-7(5-2)8-3/h1-4,9-11,16H,5-8,15H2;7-8H,4-6H2,1-3H3. The number of benzene rings is 1. The first-order valence-electron chi connectivity index (χ1n) is 9.63. The highest BCUT2D eigenvalue weighted by Gasteiger charge is 2.25. The quantitative estimate of drug-likeness (QED) is 0.389. The monoisotopic (exact) mass is 345 g/mol. The molecule has 140 valence electrons. The maximum absolute atomic E-state index is 10.7. The topological polar surface area (TPSA) is 79.0 Å². The Morgan fingerprint density at radius 2 is 1.92 bits per heavy atom. The van der Waals surface area contributed by atoms with Crippen LogP contribution in [0.4, 0.5) is 5.69 Å². The first-order valence-corrected chi connectivity index (χ1v) is 9.63. The molecule has 0 aromatic heterocycles. The number of hydrogen-bond acceptors (Lipinski definition) is 4. The second kappa shape index (κ2) is 11.8. The van der Waals surface area contributed by atoms with Gasteiger partial charge in [0.15, 0.2) is 0 Å². The molecule has 1 fully saturated rings. The van der Waals surface area contributed by atoms with Crippen molar-refractivity contribution in [1.29, 1.82) is 5.41 Å². The van der Waals surface area contributed by atoms with Crippen LogP contribution in [0, 0.1) is 17.2 Å². The summed E-state index contributed by atoms with van der Waals surface area (Å²) in [5, 5.41) is 11.5. The molecule has 1 aromatic carbocycles. The zero-order chi connectivity index (χ0) is 18.7. The lowest BCUT2D eigenvalue weighted by molar-refractivity contribution is -0.112. The summed E-state index contributed by atoms with van der Waals surface area (Å²) in [6.45, 7) is 4.44. The molecular formula is C21H35N3O. The van der Waals surface area contributed by atoms with Crippen molar-refractivity contribution < 1.29 is 4.79 Å². The van der Waals surface area contributed by atoms with Gasteiger partial charge in [-0.1, -0.05) is 38.5 Å². The van der Waals surface area contributed by atoms with Gasteiger partial charge in [0.1, 0.15) is 6.29 Å². The molecule has 1 unspecified atom stereocenters. The van der Waals surface area contributed by atoms with Gasteiger partial charge in [0.05, 0.1) is 0 Å². The highest BCUT2D eigenvalue weighted by molar-refractivity contribution is 6.04. The molecule has 0 bridgehead atoms.